The molecule has 0 radical (unpaired) electrons. The lowest BCUT2D eigenvalue weighted by Gasteiger charge is -2.11. The van der Waals surface area contributed by atoms with E-state index in [1.54, 1.807) is 24.3 Å². The minimum atomic E-state index is -0.632. The fourth-order valence-corrected chi connectivity index (χ4v) is 1.27. The molecule has 0 atom stereocenters. The molecule has 0 bridgehead atoms. The number of benzene rings is 1. The molecule has 3 amide bonds. The smallest absolute Gasteiger partial charge is 0.258 e. The molecule has 0 aliphatic rings. The highest BCUT2D eigenvalue weighted by atomic mass is 16.5. The minimum absolute atomic E-state index is 0.241. The van der Waals surface area contributed by atoms with Crippen LogP contribution in [0.4, 0.5) is 5.69 Å². The summed E-state index contributed by atoms with van der Waals surface area (Å²) >= 11 is 0. The molecule has 1 aromatic rings. The third kappa shape index (κ3) is 5.53. The average Bonchev–Trinajstić information content (AvgIpc) is 2.34. The molecule has 0 spiro atoms. The average molecular weight is 265 g/mol. The molecular weight excluding hydrogens is 250 g/mol. The topological polar surface area (TPSA) is 111 Å². The van der Waals surface area contributed by atoms with E-state index in [2.05, 4.69) is 10.6 Å². The fraction of sp³-hybridized carbons (Fsp3) is 0.250. The number of hydrogen-bond acceptors (Lipinski definition) is 4. The summed E-state index contributed by atoms with van der Waals surface area (Å²) in [6.07, 6.45) is 0. The molecule has 0 aromatic heterocycles. The van der Waals surface area contributed by atoms with Gasteiger partial charge in [-0.3, -0.25) is 14.4 Å². The van der Waals surface area contributed by atoms with Crippen molar-refractivity contribution in [1.82, 2.24) is 5.32 Å². The van der Waals surface area contributed by atoms with Crippen molar-refractivity contribution in [2.75, 3.05) is 18.5 Å². The van der Waals surface area contributed by atoms with E-state index in [1.165, 1.54) is 6.92 Å². The van der Waals surface area contributed by atoms with E-state index in [1.807, 2.05) is 0 Å². The summed E-state index contributed by atoms with van der Waals surface area (Å²) in [6, 6.07) is 6.71. The molecule has 102 valence electrons. The molecule has 7 nitrogen and oxygen atoms in total. The minimum Gasteiger partial charge on any atom is -0.482 e. The lowest BCUT2D eigenvalue weighted by Crippen LogP contribution is -2.36. The van der Waals surface area contributed by atoms with E-state index < -0.39 is 11.8 Å². The van der Waals surface area contributed by atoms with E-state index in [0.29, 0.717) is 11.4 Å². The number of carbonyl (C=O) groups excluding carboxylic acids is 3. The Morgan fingerprint density at radius 3 is 2.58 bits per heavy atom. The van der Waals surface area contributed by atoms with Gasteiger partial charge in [0.15, 0.2) is 6.61 Å². The fourth-order valence-electron chi connectivity index (χ4n) is 1.27. The van der Waals surface area contributed by atoms with Gasteiger partial charge in [-0.25, -0.2) is 0 Å². The normalized spacial score (nSPS) is 9.53. The van der Waals surface area contributed by atoms with Crippen LogP contribution >= 0.6 is 0 Å². The van der Waals surface area contributed by atoms with Crippen molar-refractivity contribution in [3.8, 4) is 5.75 Å². The summed E-state index contributed by atoms with van der Waals surface area (Å²) < 4.78 is 5.25. The van der Waals surface area contributed by atoms with Crippen molar-refractivity contribution in [2.24, 2.45) is 5.73 Å². The second-order valence-electron chi connectivity index (χ2n) is 3.71. The van der Waals surface area contributed by atoms with Gasteiger partial charge in [-0.2, -0.15) is 0 Å². The predicted molar refractivity (Wildman–Crippen MR) is 68.4 cm³/mol. The largest absolute Gasteiger partial charge is 0.482 e. The predicted octanol–water partition coefficient (Wildman–Crippen LogP) is -0.375. The number of nitrogens with two attached hydrogens (primary N) is 1. The maximum atomic E-state index is 11.3. The van der Waals surface area contributed by atoms with Gasteiger partial charge in [0.25, 0.3) is 5.91 Å². The molecule has 1 aromatic carbocycles. The Bertz CT molecular complexity index is 488. The third-order valence-electron chi connectivity index (χ3n) is 2.02. The first-order chi connectivity index (χ1) is 8.99. The van der Waals surface area contributed by atoms with Crippen LogP contribution in [-0.2, 0) is 14.4 Å². The van der Waals surface area contributed by atoms with Gasteiger partial charge >= 0.3 is 0 Å². The molecular formula is C12H15N3O4. The first-order valence-electron chi connectivity index (χ1n) is 5.53. The van der Waals surface area contributed by atoms with Gasteiger partial charge in [0.2, 0.25) is 11.8 Å². The summed E-state index contributed by atoms with van der Waals surface area (Å²) in [5.41, 5.74) is 5.36. The molecule has 0 saturated carbocycles. The van der Waals surface area contributed by atoms with Crippen molar-refractivity contribution in [3.05, 3.63) is 24.3 Å². The zero-order valence-electron chi connectivity index (χ0n) is 10.4. The molecule has 0 unspecified atom stereocenters. The molecule has 0 fully saturated rings. The Hall–Kier alpha value is -2.57. The summed E-state index contributed by atoms with van der Waals surface area (Å²) in [7, 11) is 0. The van der Waals surface area contributed by atoms with Crippen molar-refractivity contribution < 1.29 is 19.1 Å². The van der Waals surface area contributed by atoms with Gasteiger partial charge in [0, 0.05) is 6.92 Å². The lowest BCUT2D eigenvalue weighted by molar-refractivity contribution is -0.126. The molecule has 19 heavy (non-hydrogen) atoms. The van der Waals surface area contributed by atoms with Crippen LogP contribution in [0.25, 0.3) is 0 Å². The van der Waals surface area contributed by atoms with Gasteiger partial charge < -0.3 is 21.1 Å². The van der Waals surface area contributed by atoms with Crippen molar-refractivity contribution >= 4 is 23.4 Å². The van der Waals surface area contributed by atoms with Crippen LogP contribution in [0.3, 0.4) is 0 Å². The van der Waals surface area contributed by atoms with Crippen molar-refractivity contribution in [2.45, 2.75) is 6.92 Å². The monoisotopic (exact) mass is 265 g/mol. The molecule has 0 aliphatic heterocycles. The summed E-state index contributed by atoms with van der Waals surface area (Å²) in [4.78, 5) is 32.8. The molecule has 7 heteroatoms. The number of anilines is 1. The molecule has 0 saturated heterocycles. The molecule has 0 aliphatic carbocycles. The van der Waals surface area contributed by atoms with Crippen LogP contribution in [0.5, 0.6) is 5.75 Å². The Labute approximate surface area is 110 Å². The first kappa shape index (κ1) is 14.5. The number of primary amides is 1. The van der Waals surface area contributed by atoms with Crippen LogP contribution < -0.4 is 21.1 Å². The van der Waals surface area contributed by atoms with Crippen LogP contribution in [0, 0.1) is 0 Å². The van der Waals surface area contributed by atoms with Gasteiger partial charge in [-0.05, 0) is 12.1 Å². The summed E-state index contributed by atoms with van der Waals surface area (Å²) in [5.74, 6) is -0.982. The highest BCUT2D eigenvalue weighted by Gasteiger charge is 2.07. The van der Waals surface area contributed by atoms with E-state index in [4.69, 9.17) is 10.5 Å². The number of nitrogens with one attached hydrogen (secondary N) is 2. The lowest BCUT2D eigenvalue weighted by atomic mass is 10.3. The molecule has 4 N–H and O–H groups in total. The number of carbonyl (C=O) groups is 3. The van der Waals surface area contributed by atoms with E-state index in [9.17, 15) is 14.4 Å². The third-order valence-corrected chi connectivity index (χ3v) is 2.02. The van der Waals surface area contributed by atoms with Gasteiger partial charge in [0.05, 0.1) is 12.2 Å². The van der Waals surface area contributed by atoms with Crippen LogP contribution in [0.2, 0.25) is 0 Å². The zero-order valence-corrected chi connectivity index (χ0v) is 10.4. The second kappa shape index (κ2) is 7.00. The summed E-state index contributed by atoms with van der Waals surface area (Å²) in [6.45, 7) is 0.857. The maximum Gasteiger partial charge on any atom is 0.258 e. The Morgan fingerprint density at radius 1 is 1.26 bits per heavy atom. The standard InChI is InChI=1S/C12H15N3O4/c1-8(16)15-9-4-2-3-5-10(9)19-7-12(18)14-6-11(13)17/h2-5H,6-7H2,1H3,(H2,13,17)(H,14,18)(H,15,16). The van der Waals surface area contributed by atoms with Crippen LogP contribution in [0.15, 0.2) is 24.3 Å². The molecule has 1 rings (SSSR count). The summed E-state index contributed by atoms with van der Waals surface area (Å²) in [5, 5.41) is 4.86. The molecule has 0 heterocycles. The number of rotatable bonds is 6. The van der Waals surface area contributed by atoms with Crippen molar-refractivity contribution in [1.29, 1.82) is 0 Å². The van der Waals surface area contributed by atoms with Crippen LogP contribution in [0.1, 0.15) is 6.92 Å². The number of ether oxygens (including phenoxy) is 1. The maximum absolute atomic E-state index is 11.3. The zero-order chi connectivity index (χ0) is 14.3. The van der Waals surface area contributed by atoms with E-state index >= 15 is 0 Å². The Morgan fingerprint density at radius 2 is 1.95 bits per heavy atom. The highest BCUT2D eigenvalue weighted by molar-refractivity contribution is 5.90. The number of amides is 3. The number of para-hydroxylation sites is 2. The number of hydrogen-bond donors (Lipinski definition) is 3. The van der Waals surface area contributed by atoms with E-state index in [0.717, 1.165) is 0 Å². The van der Waals surface area contributed by atoms with E-state index in [-0.39, 0.29) is 19.1 Å². The van der Waals surface area contributed by atoms with Crippen molar-refractivity contribution in [3.63, 3.8) is 0 Å². The Balaban J connectivity index is 2.55. The second-order valence-corrected chi connectivity index (χ2v) is 3.71. The van der Waals surface area contributed by atoms with Gasteiger partial charge in [0.1, 0.15) is 5.75 Å². The quantitative estimate of drug-likeness (QED) is 0.651. The van der Waals surface area contributed by atoms with Gasteiger partial charge in [-0.1, -0.05) is 12.1 Å². The first-order valence-corrected chi connectivity index (χ1v) is 5.53. The van der Waals surface area contributed by atoms with Gasteiger partial charge in [-0.15, -0.1) is 0 Å². The SMILES string of the molecule is CC(=O)Nc1ccccc1OCC(=O)NCC(N)=O. The van der Waals surface area contributed by atoms with Crippen LogP contribution in [-0.4, -0.2) is 30.9 Å². The highest BCUT2D eigenvalue weighted by Crippen LogP contribution is 2.23. The Kier molecular flexibility index (Phi) is 5.34.